The van der Waals surface area contributed by atoms with Crippen molar-refractivity contribution in [3.8, 4) is 6.01 Å². The van der Waals surface area contributed by atoms with Gasteiger partial charge in [0.1, 0.15) is 0 Å². The van der Waals surface area contributed by atoms with E-state index in [1.807, 2.05) is 25.2 Å². The van der Waals surface area contributed by atoms with Gasteiger partial charge in [0.05, 0.1) is 13.3 Å². The molecule has 0 bridgehead atoms. The van der Waals surface area contributed by atoms with Gasteiger partial charge in [0, 0.05) is 32.4 Å². The van der Waals surface area contributed by atoms with Gasteiger partial charge in [-0.25, -0.2) is 5.84 Å². The van der Waals surface area contributed by atoms with Crippen molar-refractivity contribution in [3.05, 3.63) is 18.0 Å². The molecular weight excluding hydrogens is 248 g/mol. The van der Waals surface area contributed by atoms with Crippen LogP contribution in [-0.2, 0) is 13.6 Å². The zero-order chi connectivity index (χ0) is 13.8. The van der Waals surface area contributed by atoms with Crippen LogP contribution in [0, 0.1) is 0 Å². The number of anilines is 2. The number of rotatable bonds is 5. The molecule has 0 spiro atoms. The molecule has 9 nitrogen and oxygen atoms in total. The van der Waals surface area contributed by atoms with Gasteiger partial charge in [0.15, 0.2) is 0 Å². The van der Waals surface area contributed by atoms with E-state index in [4.69, 9.17) is 10.6 Å². The summed E-state index contributed by atoms with van der Waals surface area (Å²) in [6.45, 7) is 0.616. The van der Waals surface area contributed by atoms with E-state index < -0.39 is 0 Å². The quantitative estimate of drug-likeness (QED) is 0.551. The number of hydrogen-bond donors (Lipinski definition) is 2. The molecule has 0 radical (unpaired) electrons. The Morgan fingerprint density at radius 3 is 2.79 bits per heavy atom. The van der Waals surface area contributed by atoms with E-state index in [9.17, 15) is 0 Å². The molecule has 102 valence electrons. The van der Waals surface area contributed by atoms with Gasteiger partial charge in [-0.1, -0.05) is 0 Å². The molecular formula is C10H16N8O. The number of aryl methyl sites for hydroxylation is 1. The second-order valence-electron chi connectivity index (χ2n) is 3.97. The predicted octanol–water partition coefficient (Wildman–Crippen LogP) is -0.464. The van der Waals surface area contributed by atoms with Crippen molar-refractivity contribution in [2.45, 2.75) is 6.54 Å². The summed E-state index contributed by atoms with van der Waals surface area (Å²) in [7, 11) is 5.22. The van der Waals surface area contributed by atoms with E-state index in [1.54, 1.807) is 10.9 Å². The number of nitrogens with zero attached hydrogens (tertiary/aromatic N) is 6. The molecule has 0 aliphatic carbocycles. The summed E-state index contributed by atoms with van der Waals surface area (Å²) in [5, 5.41) is 4.11. The number of nitrogens with two attached hydrogens (primary N) is 1. The fourth-order valence-corrected chi connectivity index (χ4v) is 1.57. The third-order valence-electron chi connectivity index (χ3n) is 2.43. The van der Waals surface area contributed by atoms with Gasteiger partial charge in [-0.15, -0.1) is 0 Å². The van der Waals surface area contributed by atoms with Crippen molar-refractivity contribution in [1.29, 1.82) is 0 Å². The van der Waals surface area contributed by atoms with Gasteiger partial charge < -0.3 is 9.64 Å². The van der Waals surface area contributed by atoms with Crippen LogP contribution in [0.5, 0.6) is 6.01 Å². The van der Waals surface area contributed by atoms with E-state index in [0.717, 1.165) is 5.56 Å². The van der Waals surface area contributed by atoms with E-state index in [1.165, 1.54) is 7.11 Å². The highest BCUT2D eigenvalue weighted by Crippen LogP contribution is 2.15. The van der Waals surface area contributed by atoms with Crippen LogP contribution in [-0.4, -0.2) is 38.9 Å². The molecule has 0 fully saturated rings. The zero-order valence-electron chi connectivity index (χ0n) is 11.0. The maximum atomic E-state index is 5.31. The molecule has 2 aromatic rings. The van der Waals surface area contributed by atoms with Crippen LogP contribution in [0.15, 0.2) is 12.4 Å². The normalized spacial score (nSPS) is 10.3. The summed E-state index contributed by atoms with van der Waals surface area (Å²) in [6, 6.07) is 0.205. The lowest BCUT2D eigenvalue weighted by molar-refractivity contribution is 0.379. The van der Waals surface area contributed by atoms with Crippen molar-refractivity contribution in [3.63, 3.8) is 0 Å². The Morgan fingerprint density at radius 1 is 1.42 bits per heavy atom. The van der Waals surface area contributed by atoms with Crippen LogP contribution in [0.2, 0.25) is 0 Å². The summed E-state index contributed by atoms with van der Waals surface area (Å²) in [5.74, 6) is 6.02. The molecule has 0 unspecified atom stereocenters. The molecule has 0 atom stereocenters. The summed E-state index contributed by atoms with van der Waals surface area (Å²) in [6.07, 6.45) is 3.72. The minimum atomic E-state index is 0.205. The van der Waals surface area contributed by atoms with Gasteiger partial charge in [0.25, 0.3) is 0 Å². The lowest BCUT2D eigenvalue weighted by Crippen LogP contribution is -2.21. The Hall–Kier alpha value is -2.42. The smallest absolute Gasteiger partial charge is 0.322 e. The van der Waals surface area contributed by atoms with Crippen molar-refractivity contribution < 1.29 is 4.74 Å². The highest BCUT2D eigenvalue weighted by atomic mass is 16.5. The van der Waals surface area contributed by atoms with Crippen LogP contribution < -0.4 is 20.9 Å². The molecule has 0 aliphatic rings. The highest BCUT2D eigenvalue weighted by molar-refractivity contribution is 5.37. The predicted molar refractivity (Wildman–Crippen MR) is 69.5 cm³/mol. The number of ether oxygens (including phenoxy) is 1. The monoisotopic (exact) mass is 264 g/mol. The summed E-state index contributed by atoms with van der Waals surface area (Å²) in [5.41, 5.74) is 3.43. The lowest BCUT2D eigenvalue weighted by Gasteiger charge is -2.16. The largest absolute Gasteiger partial charge is 0.467 e. The molecule has 9 heteroatoms. The number of hydrazine groups is 1. The van der Waals surface area contributed by atoms with Crippen LogP contribution in [0.25, 0.3) is 0 Å². The Kier molecular flexibility index (Phi) is 3.76. The number of methoxy groups -OCH3 is 1. The first-order valence-corrected chi connectivity index (χ1v) is 5.57. The van der Waals surface area contributed by atoms with E-state index in [0.29, 0.717) is 12.5 Å². The fraction of sp³-hybridized carbons (Fsp3) is 0.400. The number of nitrogens with one attached hydrogen (secondary N) is 1. The number of aromatic nitrogens is 5. The van der Waals surface area contributed by atoms with Gasteiger partial charge in [-0.05, 0) is 0 Å². The van der Waals surface area contributed by atoms with Crippen molar-refractivity contribution in [2.24, 2.45) is 12.9 Å². The second kappa shape index (κ2) is 5.48. The molecule has 2 rings (SSSR count). The third kappa shape index (κ3) is 3.07. The average molecular weight is 264 g/mol. The van der Waals surface area contributed by atoms with E-state index >= 15 is 0 Å². The number of nitrogen functional groups attached to an aromatic ring is 1. The maximum Gasteiger partial charge on any atom is 0.322 e. The maximum absolute atomic E-state index is 5.31. The van der Waals surface area contributed by atoms with E-state index in [-0.39, 0.29) is 12.0 Å². The zero-order valence-corrected chi connectivity index (χ0v) is 11.0. The molecule has 2 heterocycles. The topological polar surface area (TPSA) is 107 Å². The molecule has 2 aromatic heterocycles. The van der Waals surface area contributed by atoms with Crippen LogP contribution in [0.4, 0.5) is 11.9 Å². The molecule has 19 heavy (non-hydrogen) atoms. The van der Waals surface area contributed by atoms with Gasteiger partial charge >= 0.3 is 6.01 Å². The highest BCUT2D eigenvalue weighted by Gasteiger charge is 2.11. The molecule has 0 amide bonds. The van der Waals surface area contributed by atoms with Gasteiger partial charge in [-0.3, -0.25) is 10.1 Å². The van der Waals surface area contributed by atoms with E-state index in [2.05, 4.69) is 25.5 Å². The van der Waals surface area contributed by atoms with Crippen LogP contribution >= 0.6 is 0 Å². The van der Waals surface area contributed by atoms with Gasteiger partial charge in [0.2, 0.25) is 11.9 Å². The Balaban J connectivity index is 2.20. The molecule has 3 N–H and O–H groups in total. The van der Waals surface area contributed by atoms with Crippen molar-refractivity contribution in [1.82, 2.24) is 24.7 Å². The average Bonchev–Trinajstić information content (AvgIpc) is 2.83. The lowest BCUT2D eigenvalue weighted by atomic mass is 10.3. The van der Waals surface area contributed by atoms with Crippen molar-refractivity contribution in [2.75, 3.05) is 24.5 Å². The summed E-state index contributed by atoms with van der Waals surface area (Å²) < 4.78 is 6.74. The minimum Gasteiger partial charge on any atom is -0.467 e. The first-order chi connectivity index (χ1) is 9.12. The minimum absolute atomic E-state index is 0.205. The molecule has 0 saturated heterocycles. The molecule has 0 aromatic carbocycles. The number of hydrogen-bond acceptors (Lipinski definition) is 8. The Labute approximate surface area is 110 Å². The third-order valence-corrected chi connectivity index (χ3v) is 2.43. The molecule has 0 saturated carbocycles. The Morgan fingerprint density at radius 2 is 2.21 bits per heavy atom. The standard InChI is InChI=1S/C10H16N8O/c1-17(5-7-4-12-18(2)6-7)9-13-8(16-11)14-10(15-9)19-3/h4,6H,5,11H2,1-3H3,(H,13,14,15,16). The Bertz CT molecular complexity index is 532. The summed E-state index contributed by atoms with van der Waals surface area (Å²) >= 11 is 0. The second-order valence-corrected chi connectivity index (χ2v) is 3.97. The van der Waals surface area contributed by atoms with Crippen LogP contribution in [0.3, 0.4) is 0 Å². The van der Waals surface area contributed by atoms with Crippen LogP contribution in [0.1, 0.15) is 5.56 Å². The first-order valence-electron chi connectivity index (χ1n) is 5.57. The SMILES string of the molecule is COc1nc(NN)nc(N(C)Cc2cnn(C)c2)n1. The summed E-state index contributed by atoms with van der Waals surface area (Å²) in [4.78, 5) is 14.1. The van der Waals surface area contributed by atoms with Crippen molar-refractivity contribution >= 4 is 11.9 Å². The first kappa shape index (κ1) is 13.0. The fourth-order valence-electron chi connectivity index (χ4n) is 1.57. The molecule has 0 aliphatic heterocycles. The van der Waals surface area contributed by atoms with Gasteiger partial charge in [-0.2, -0.15) is 20.1 Å².